The molecule has 3 rings (SSSR count). The smallest absolute Gasteiger partial charge is 0.344 e. The molecule has 1 saturated heterocycles. The molecule has 0 aromatic heterocycles. The number of hydrogen-bond donors (Lipinski definition) is 3. The highest BCUT2D eigenvalue weighted by atomic mass is 35.5. The molecule has 2 aliphatic rings. The number of imide groups is 1. The lowest BCUT2D eigenvalue weighted by Gasteiger charge is -2.30. The van der Waals surface area contributed by atoms with Crippen LogP contribution < -0.4 is 16.1 Å². The lowest BCUT2D eigenvalue weighted by atomic mass is 9.82. The van der Waals surface area contributed by atoms with Crippen molar-refractivity contribution in [3.8, 4) is 0 Å². The van der Waals surface area contributed by atoms with Gasteiger partial charge < -0.3 is 10.6 Å². The molecule has 3 N–H and O–H groups in total. The highest BCUT2D eigenvalue weighted by molar-refractivity contribution is 6.35. The molecule has 0 atom stereocenters. The maximum Gasteiger partial charge on any atom is 0.344 e. The highest BCUT2D eigenvalue weighted by Crippen LogP contribution is 2.33. The number of carbonyl (C=O) groups excluding carboxylic acids is 3. The average Bonchev–Trinajstić information content (AvgIpc) is 2.80. The number of amides is 4. The van der Waals surface area contributed by atoms with E-state index in [0.29, 0.717) is 28.6 Å². The molecule has 1 heterocycles. The minimum Gasteiger partial charge on any atom is -0.375 e. The molecule has 1 aliphatic heterocycles. The summed E-state index contributed by atoms with van der Waals surface area (Å²) >= 11 is 11.9. The summed E-state index contributed by atoms with van der Waals surface area (Å²) in [7, 11) is 0. The Bertz CT molecular complexity index is 719. The monoisotopic (exact) mass is 384 g/mol. The summed E-state index contributed by atoms with van der Waals surface area (Å²) in [5, 5.41) is 7.21. The van der Waals surface area contributed by atoms with Gasteiger partial charge in [0.1, 0.15) is 5.54 Å². The summed E-state index contributed by atoms with van der Waals surface area (Å²) in [5.74, 6) is -0.932. The fraction of sp³-hybridized carbons (Fsp3) is 0.438. The molecular formula is C16H18Cl2N4O3. The molecule has 0 bridgehead atoms. The number of hydrazine groups is 1. The zero-order valence-electron chi connectivity index (χ0n) is 13.4. The minimum absolute atomic E-state index is 0.163. The third-order valence-electron chi connectivity index (χ3n) is 4.47. The number of urea groups is 1. The first-order valence-corrected chi connectivity index (χ1v) is 8.82. The van der Waals surface area contributed by atoms with Crippen molar-refractivity contribution in [1.82, 2.24) is 15.8 Å². The van der Waals surface area contributed by atoms with E-state index in [2.05, 4.69) is 16.1 Å². The summed E-state index contributed by atoms with van der Waals surface area (Å²) in [5.41, 5.74) is 1.97. The number of halogens is 2. The molecule has 1 aromatic carbocycles. The molecule has 25 heavy (non-hydrogen) atoms. The van der Waals surface area contributed by atoms with E-state index in [-0.39, 0.29) is 6.54 Å². The van der Waals surface area contributed by atoms with Crippen molar-refractivity contribution >= 4 is 46.7 Å². The molecule has 134 valence electrons. The van der Waals surface area contributed by atoms with Crippen LogP contribution in [0.25, 0.3) is 0 Å². The Morgan fingerprint density at radius 2 is 1.92 bits per heavy atom. The summed E-state index contributed by atoms with van der Waals surface area (Å²) in [6.07, 6.45) is 3.99. The van der Waals surface area contributed by atoms with E-state index in [9.17, 15) is 14.4 Å². The van der Waals surface area contributed by atoms with E-state index >= 15 is 0 Å². The van der Waals surface area contributed by atoms with Crippen molar-refractivity contribution < 1.29 is 14.4 Å². The van der Waals surface area contributed by atoms with Crippen molar-refractivity contribution in [2.75, 3.05) is 11.9 Å². The van der Waals surface area contributed by atoms with Gasteiger partial charge in [-0.3, -0.25) is 15.0 Å². The van der Waals surface area contributed by atoms with Crippen LogP contribution in [0.5, 0.6) is 0 Å². The first-order valence-electron chi connectivity index (χ1n) is 8.06. The summed E-state index contributed by atoms with van der Waals surface area (Å²) in [6.45, 7) is -0.163. The van der Waals surface area contributed by atoms with Crippen molar-refractivity contribution in [3.63, 3.8) is 0 Å². The van der Waals surface area contributed by atoms with Crippen LogP contribution in [0.3, 0.4) is 0 Å². The highest BCUT2D eigenvalue weighted by Gasteiger charge is 2.52. The second-order valence-corrected chi connectivity index (χ2v) is 7.07. The Balaban J connectivity index is 1.60. The van der Waals surface area contributed by atoms with Gasteiger partial charge in [-0.05, 0) is 31.0 Å². The predicted molar refractivity (Wildman–Crippen MR) is 94.3 cm³/mol. The van der Waals surface area contributed by atoms with Gasteiger partial charge in [-0.1, -0.05) is 42.5 Å². The van der Waals surface area contributed by atoms with Crippen molar-refractivity contribution in [2.24, 2.45) is 0 Å². The second kappa shape index (κ2) is 7.09. The van der Waals surface area contributed by atoms with E-state index < -0.39 is 23.4 Å². The van der Waals surface area contributed by atoms with Crippen LogP contribution in [0.15, 0.2) is 18.2 Å². The normalized spacial score (nSPS) is 19.0. The van der Waals surface area contributed by atoms with Crippen LogP contribution in [0.1, 0.15) is 32.1 Å². The van der Waals surface area contributed by atoms with Crippen LogP contribution in [0.4, 0.5) is 10.5 Å². The lowest BCUT2D eigenvalue weighted by molar-refractivity contribution is -0.139. The van der Waals surface area contributed by atoms with E-state index in [1.807, 2.05) is 0 Å². The van der Waals surface area contributed by atoms with E-state index in [0.717, 1.165) is 24.3 Å². The average molecular weight is 385 g/mol. The Hall–Kier alpha value is -1.99. The molecule has 1 aliphatic carbocycles. The molecule has 1 spiro atoms. The number of benzene rings is 1. The Labute approximate surface area is 155 Å². The summed E-state index contributed by atoms with van der Waals surface area (Å²) in [4.78, 5) is 36.8. The maximum absolute atomic E-state index is 12.6. The van der Waals surface area contributed by atoms with Crippen LogP contribution >= 0.6 is 23.2 Å². The number of nitrogens with one attached hydrogen (secondary N) is 3. The fourth-order valence-corrected chi connectivity index (χ4v) is 3.55. The molecule has 7 nitrogen and oxygen atoms in total. The topological polar surface area (TPSA) is 90.5 Å². The van der Waals surface area contributed by atoms with Gasteiger partial charge in [-0.15, -0.1) is 0 Å². The minimum atomic E-state index is -0.869. The molecule has 1 aromatic rings. The van der Waals surface area contributed by atoms with Gasteiger partial charge in [0.05, 0.1) is 17.3 Å². The summed E-state index contributed by atoms with van der Waals surface area (Å²) in [6, 6.07) is 4.23. The van der Waals surface area contributed by atoms with Gasteiger partial charge in [0.15, 0.2) is 0 Å². The Morgan fingerprint density at radius 1 is 1.20 bits per heavy atom. The number of nitrogens with zero attached hydrogens (tertiary/aromatic N) is 1. The zero-order valence-corrected chi connectivity index (χ0v) is 14.9. The van der Waals surface area contributed by atoms with Gasteiger partial charge in [0, 0.05) is 5.02 Å². The lowest BCUT2D eigenvalue weighted by Crippen LogP contribution is -2.51. The van der Waals surface area contributed by atoms with Crippen molar-refractivity contribution in [3.05, 3.63) is 28.2 Å². The predicted octanol–water partition coefficient (Wildman–Crippen LogP) is 2.69. The quantitative estimate of drug-likeness (QED) is 0.696. The van der Waals surface area contributed by atoms with Crippen LogP contribution in [-0.4, -0.2) is 34.9 Å². The number of rotatable bonds is 4. The molecule has 0 unspecified atom stereocenters. The third-order valence-corrected chi connectivity index (χ3v) is 5.04. The molecule has 4 amide bonds. The SMILES string of the molecule is O=C(CNc1cc(Cl)ccc1Cl)NN1C(=O)NC2(CCCCC2)C1=O. The first-order chi connectivity index (χ1) is 11.9. The number of hydrogen-bond acceptors (Lipinski definition) is 4. The van der Waals surface area contributed by atoms with E-state index in [4.69, 9.17) is 23.2 Å². The largest absolute Gasteiger partial charge is 0.375 e. The van der Waals surface area contributed by atoms with Crippen molar-refractivity contribution in [2.45, 2.75) is 37.6 Å². The van der Waals surface area contributed by atoms with Crippen LogP contribution in [0, 0.1) is 0 Å². The van der Waals surface area contributed by atoms with Crippen molar-refractivity contribution in [1.29, 1.82) is 0 Å². The van der Waals surface area contributed by atoms with Crippen LogP contribution in [0.2, 0.25) is 10.0 Å². The van der Waals surface area contributed by atoms with Gasteiger partial charge >= 0.3 is 6.03 Å². The van der Waals surface area contributed by atoms with Crippen LogP contribution in [-0.2, 0) is 9.59 Å². The summed E-state index contributed by atoms with van der Waals surface area (Å²) < 4.78 is 0. The zero-order chi connectivity index (χ0) is 18.0. The number of anilines is 1. The van der Waals surface area contributed by atoms with Gasteiger partial charge in [0.25, 0.3) is 11.8 Å². The second-order valence-electron chi connectivity index (χ2n) is 6.23. The molecular weight excluding hydrogens is 367 g/mol. The maximum atomic E-state index is 12.6. The number of carbonyl (C=O) groups is 3. The Morgan fingerprint density at radius 3 is 2.64 bits per heavy atom. The first kappa shape index (κ1) is 17.8. The standard InChI is InChI=1S/C16H18Cl2N4O3/c17-10-4-5-11(18)12(8-10)19-9-13(23)21-22-14(24)16(20-15(22)25)6-2-1-3-7-16/h4-5,8,19H,1-3,6-7,9H2,(H,20,25)(H,21,23). The fourth-order valence-electron chi connectivity index (χ4n) is 3.19. The van der Waals surface area contributed by atoms with E-state index in [1.165, 1.54) is 0 Å². The van der Waals surface area contributed by atoms with E-state index in [1.54, 1.807) is 18.2 Å². The van der Waals surface area contributed by atoms with Gasteiger partial charge in [-0.2, -0.15) is 5.01 Å². The van der Waals surface area contributed by atoms with Gasteiger partial charge in [-0.25, -0.2) is 4.79 Å². The molecule has 2 fully saturated rings. The van der Waals surface area contributed by atoms with Gasteiger partial charge in [0.2, 0.25) is 0 Å². The molecule has 0 radical (unpaired) electrons. The molecule has 1 saturated carbocycles. The molecule has 9 heteroatoms. The third kappa shape index (κ3) is 3.67. The Kier molecular flexibility index (Phi) is 5.06.